The second-order valence-electron chi connectivity index (χ2n) is 4.44. The van der Waals surface area contributed by atoms with E-state index in [4.69, 9.17) is 20.3 Å². The third kappa shape index (κ3) is 2.07. The first-order valence-corrected chi connectivity index (χ1v) is 5.46. The molecule has 0 radical (unpaired) electrons. The summed E-state index contributed by atoms with van der Waals surface area (Å²) in [6, 6.07) is 3.55. The number of rotatable bonds is 3. The van der Waals surface area contributed by atoms with Crippen molar-refractivity contribution in [1.29, 1.82) is 5.41 Å². The molecule has 0 aliphatic carbocycles. The molecular weight excluding hydrogens is 232 g/mol. The van der Waals surface area contributed by atoms with Crippen LogP contribution in [-0.2, 0) is 9.53 Å². The van der Waals surface area contributed by atoms with Gasteiger partial charge in [-0.1, -0.05) is 6.08 Å². The summed E-state index contributed by atoms with van der Waals surface area (Å²) in [5.41, 5.74) is 5.22. The third-order valence-electron chi connectivity index (χ3n) is 2.71. The van der Waals surface area contributed by atoms with Crippen LogP contribution in [0.4, 0.5) is 0 Å². The van der Waals surface area contributed by atoms with Gasteiger partial charge in [0.05, 0.1) is 6.26 Å². The normalized spacial score (nSPS) is 18.4. The van der Waals surface area contributed by atoms with Gasteiger partial charge in [0.2, 0.25) is 5.90 Å². The Hall–Kier alpha value is -2.30. The van der Waals surface area contributed by atoms with Crippen molar-refractivity contribution >= 4 is 17.9 Å². The summed E-state index contributed by atoms with van der Waals surface area (Å²) in [4.78, 5) is 11.4. The molecule has 0 aromatic carbocycles. The Kier molecular flexibility index (Phi) is 2.82. The minimum Gasteiger partial charge on any atom is -0.467 e. The van der Waals surface area contributed by atoms with Crippen LogP contribution in [0.1, 0.15) is 19.6 Å². The number of amides is 1. The molecule has 1 amide bonds. The van der Waals surface area contributed by atoms with E-state index in [1.54, 1.807) is 44.4 Å². The van der Waals surface area contributed by atoms with Crippen molar-refractivity contribution in [2.45, 2.75) is 19.4 Å². The van der Waals surface area contributed by atoms with Gasteiger partial charge >= 0.3 is 0 Å². The molecule has 18 heavy (non-hydrogen) atoms. The van der Waals surface area contributed by atoms with Crippen LogP contribution in [0.25, 0.3) is 6.08 Å². The number of furan rings is 1. The number of carbonyl (C=O) groups is 1. The lowest BCUT2D eigenvalue weighted by Crippen LogP contribution is -2.22. The van der Waals surface area contributed by atoms with E-state index in [-0.39, 0.29) is 11.5 Å². The zero-order valence-corrected chi connectivity index (χ0v) is 10.2. The summed E-state index contributed by atoms with van der Waals surface area (Å²) in [5, 5.41) is 7.64. The Morgan fingerprint density at radius 2 is 2.17 bits per heavy atom. The fourth-order valence-corrected chi connectivity index (χ4v) is 1.86. The molecule has 0 saturated carbocycles. The number of carbonyl (C=O) groups excluding carboxylic acids is 1. The third-order valence-corrected chi connectivity index (χ3v) is 2.71. The highest BCUT2D eigenvalue weighted by Gasteiger charge is 2.39. The van der Waals surface area contributed by atoms with E-state index in [9.17, 15) is 4.79 Å². The first-order valence-electron chi connectivity index (χ1n) is 5.46. The summed E-state index contributed by atoms with van der Waals surface area (Å²) in [6.07, 6.45) is 4.96. The smallest absolute Gasteiger partial charge is 0.254 e. The number of hydrogen-bond acceptors (Lipinski definition) is 4. The number of nitrogens with one attached hydrogen (secondary N) is 1. The van der Waals surface area contributed by atoms with Gasteiger partial charge in [-0.15, -0.1) is 0 Å². The Labute approximate surface area is 104 Å². The van der Waals surface area contributed by atoms with Crippen LogP contribution in [0.5, 0.6) is 0 Å². The standard InChI is InChI=1S/C13H14N2O3/c1-13(2)9(6-5-8-4-3-7-17-8)10(11(14)16)12(15)18-13/h3-7,15H,1-2H3,(H2,14,16). The van der Waals surface area contributed by atoms with Gasteiger partial charge in [-0.2, -0.15) is 0 Å². The summed E-state index contributed by atoms with van der Waals surface area (Å²) in [6.45, 7) is 3.55. The Morgan fingerprint density at radius 1 is 1.44 bits per heavy atom. The van der Waals surface area contributed by atoms with E-state index in [0.717, 1.165) is 0 Å². The highest BCUT2D eigenvalue weighted by molar-refractivity contribution is 6.19. The average molecular weight is 246 g/mol. The summed E-state index contributed by atoms with van der Waals surface area (Å²) in [7, 11) is 0. The van der Waals surface area contributed by atoms with E-state index in [2.05, 4.69) is 0 Å². The zero-order chi connectivity index (χ0) is 13.3. The molecule has 0 atom stereocenters. The molecule has 0 bridgehead atoms. The molecular formula is C13H14N2O3. The van der Waals surface area contributed by atoms with Crippen LogP contribution in [-0.4, -0.2) is 17.4 Å². The van der Waals surface area contributed by atoms with Crippen LogP contribution >= 0.6 is 0 Å². The van der Waals surface area contributed by atoms with E-state index >= 15 is 0 Å². The molecule has 94 valence electrons. The van der Waals surface area contributed by atoms with Gasteiger partial charge in [-0.3, -0.25) is 10.2 Å². The van der Waals surface area contributed by atoms with Gasteiger partial charge in [-0.25, -0.2) is 0 Å². The van der Waals surface area contributed by atoms with Crippen molar-refractivity contribution in [1.82, 2.24) is 0 Å². The van der Waals surface area contributed by atoms with Crippen molar-refractivity contribution < 1.29 is 13.9 Å². The molecule has 5 heteroatoms. The molecule has 0 fully saturated rings. The van der Waals surface area contributed by atoms with E-state index < -0.39 is 11.5 Å². The van der Waals surface area contributed by atoms with Gasteiger partial charge in [0.1, 0.15) is 16.9 Å². The SMILES string of the molecule is CC1(C)OC(=N)C(C(N)=O)=C1C=Cc1ccco1. The lowest BCUT2D eigenvalue weighted by molar-refractivity contribution is -0.114. The number of nitrogens with two attached hydrogens (primary N) is 1. The highest BCUT2D eigenvalue weighted by atomic mass is 16.5. The molecule has 0 saturated heterocycles. The maximum Gasteiger partial charge on any atom is 0.254 e. The molecule has 1 aliphatic rings. The summed E-state index contributed by atoms with van der Waals surface area (Å²) >= 11 is 0. The van der Waals surface area contributed by atoms with Crippen molar-refractivity contribution in [3.63, 3.8) is 0 Å². The van der Waals surface area contributed by atoms with Crippen LogP contribution in [0.15, 0.2) is 40.0 Å². The fraction of sp³-hybridized carbons (Fsp3) is 0.231. The van der Waals surface area contributed by atoms with Crippen LogP contribution in [0, 0.1) is 5.41 Å². The molecule has 1 aliphatic heterocycles. The predicted octanol–water partition coefficient (Wildman–Crippen LogP) is 1.86. The lowest BCUT2D eigenvalue weighted by atomic mass is 9.94. The quantitative estimate of drug-likeness (QED) is 0.853. The Balaban J connectivity index is 2.43. The molecule has 0 spiro atoms. The Bertz CT molecular complexity index is 551. The van der Waals surface area contributed by atoms with Crippen molar-refractivity contribution in [2.24, 2.45) is 5.73 Å². The fourth-order valence-electron chi connectivity index (χ4n) is 1.86. The first-order chi connectivity index (χ1) is 8.42. The van der Waals surface area contributed by atoms with Crippen molar-refractivity contribution in [2.75, 3.05) is 0 Å². The van der Waals surface area contributed by atoms with Crippen molar-refractivity contribution in [3.8, 4) is 0 Å². The number of ether oxygens (including phenoxy) is 1. The van der Waals surface area contributed by atoms with E-state index in [1.807, 2.05) is 0 Å². The second-order valence-corrected chi connectivity index (χ2v) is 4.44. The molecule has 2 heterocycles. The lowest BCUT2D eigenvalue weighted by Gasteiger charge is -2.19. The van der Waals surface area contributed by atoms with Gasteiger partial charge < -0.3 is 14.9 Å². The number of primary amides is 1. The summed E-state index contributed by atoms with van der Waals surface area (Å²) < 4.78 is 10.5. The minimum absolute atomic E-state index is 0.114. The summed E-state index contributed by atoms with van der Waals surface area (Å²) in [5.74, 6) is -0.197. The molecule has 1 aromatic heterocycles. The molecule has 5 nitrogen and oxygen atoms in total. The number of hydrogen-bond donors (Lipinski definition) is 2. The average Bonchev–Trinajstić information content (AvgIpc) is 2.80. The highest BCUT2D eigenvalue weighted by Crippen LogP contribution is 2.33. The van der Waals surface area contributed by atoms with Crippen LogP contribution in [0.3, 0.4) is 0 Å². The van der Waals surface area contributed by atoms with Crippen molar-refractivity contribution in [3.05, 3.63) is 41.4 Å². The van der Waals surface area contributed by atoms with Gasteiger partial charge in [0.25, 0.3) is 5.91 Å². The maximum atomic E-state index is 11.4. The Morgan fingerprint density at radius 3 is 2.72 bits per heavy atom. The largest absolute Gasteiger partial charge is 0.467 e. The van der Waals surface area contributed by atoms with Crippen LogP contribution in [0.2, 0.25) is 0 Å². The topological polar surface area (TPSA) is 89.3 Å². The first kappa shape index (κ1) is 12.2. The predicted molar refractivity (Wildman–Crippen MR) is 66.9 cm³/mol. The monoisotopic (exact) mass is 246 g/mol. The second kappa shape index (κ2) is 4.18. The van der Waals surface area contributed by atoms with Gasteiger partial charge in [-0.05, 0) is 32.1 Å². The van der Waals surface area contributed by atoms with Gasteiger partial charge in [0.15, 0.2) is 0 Å². The molecule has 2 rings (SSSR count). The van der Waals surface area contributed by atoms with Gasteiger partial charge in [0, 0.05) is 5.57 Å². The molecule has 3 N–H and O–H groups in total. The van der Waals surface area contributed by atoms with E-state index in [0.29, 0.717) is 11.3 Å². The molecule has 1 aromatic rings. The maximum absolute atomic E-state index is 11.4. The molecule has 0 unspecified atom stereocenters. The van der Waals surface area contributed by atoms with Crippen LogP contribution < -0.4 is 5.73 Å². The van der Waals surface area contributed by atoms with E-state index in [1.165, 1.54) is 0 Å². The zero-order valence-electron chi connectivity index (χ0n) is 10.2. The minimum atomic E-state index is -0.745.